The van der Waals surface area contributed by atoms with Gasteiger partial charge in [0, 0.05) is 12.6 Å². The Morgan fingerprint density at radius 2 is 2.35 bits per heavy atom. The molecule has 1 atom stereocenters. The molecule has 0 bridgehead atoms. The molecular formula is C12H13FN2O5. The van der Waals surface area contributed by atoms with Crippen LogP contribution in [0.15, 0.2) is 18.2 Å². The molecule has 1 heterocycles. The fraction of sp³-hybridized carbons (Fsp3) is 0.417. The van der Waals surface area contributed by atoms with Crippen molar-refractivity contribution in [3.63, 3.8) is 0 Å². The van der Waals surface area contributed by atoms with Gasteiger partial charge in [-0.3, -0.25) is 10.1 Å². The number of non-ortho nitro benzene ring substituents is 1. The molecule has 0 N–H and O–H groups in total. The number of carbonyl (C=O) groups excluding carboxylic acids is 1. The van der Waals surface area contributed by atoms with Crippen molar-refractivity contribution in [1.82, 2.24) is 0 Å². The van der Waals surface area contributed by atoms with Gasteiger partial charge in [0.25, 0.3) is 5.69 Å². The number of halogens is 1. The number of ether oxygens (including phenoxy) is 2. The van der Waals surface area contributed by atoms with Crippen LogP contribution in [0.2, 0.25) is 0 Å². The Bertz CT molecular complexity index is 537. The minimum atomic E-state index is -0.760. The van der Waals surface area contributed by atoms with Gasteiger partial charge in [0.2, 0.25) is 0 Å². The van der Waals surface area contributed by atoms with Crippen LogP contribution in [0.1, 0.15) is 0 Å². The van der Waals surface area contributed by atoms with E-state index in [4.69, 9.17) is 4.74 Å². The third-order valence-corrected chi connectivity index (χ3v) is 3.05. The second kappa shape index (κ2) is 5.83. The quantitative estimate of drug-likeness (QED) is 0.470. The summed E-state index contributed by atoms with van der Waals surface area (Å²) in [5.74, 6) is -1.29. The first kappa shape index (κ1) is 14.2. The number of carbonyl (C=O) groups is 1. The zero-order valence-electron chi connectivity index (χ0n) is 10.7. The number of hydrogen-bond donors (Lipinski definition) is 0. The van der Waals surface area contributed by atoms with E-state index in [0.29, 0.717) is 13.2 Å². The van der Waals surface area contributed by atoms with Gasteiger partial charge in [-0.25, -0.2) is 9.18 Å². The molecule has 0 aromatic heterocycles. The fourth-order valence-electron chi connectivity index (χ4n) is 2.07. The summed E-state index contributed by atoms with van der Waals surface area (Å²) in [6, 6.07) is 2.56. The summed E-state index contributed by atoms with van der Waals surface area (Å²) in [5.41, 5.74) is -0.219. The maximum absolute atomic E-state index is 14.0. The van der Waals surface area contributed by atoms with E-state index >= 15 is 0 Å². The number of anilines is 1. The molecule has 1 aliphatic rings. The van der Waals surface area contributed by atoms with E-state index in [1.807, 2.05) is 0 Å². The lowest BCUT2D eigenvalue weighted by Crippen LogP contribution is -2.51. The van der Waals surface area contributed by atoms with Crippen LogP contribution < -0.4 is 4.90 Å². The Balaban J connectivity index is 2.32. The molecule has 0 saturated carbocycles. The number of nitrogens with zero attached hydrogens (tertiary/aromatic N) is 2. The van der Waals surface area contributed by atoms with Crippen molar-refractivity contribution in [2.24, 2.45) is 0 Å². The van der Waals surface area contributed by atoms with Crippen molar-refractivity contribution >= 4 is 17.3 Å². The summed E-state index contributed by atoms with van der Waals surface area (Å²) in [6.45, 7) is 0.724. The molecule has 1 aliphatic heterocycles. The van der Waals surface area contributed by atoms with Gasteiger partial charge >= 0.3 is 5.97 Å². The lowest BCUT2D eigenvalue weighted by molar-refractivity contribution is -0.385. The Kier molecular flexibility index (Phi) is 4.14. The van der Waals surface area contributed by atoms with Gasteiger partial charge in [0.05, 0.1) is 37.0 Å². The topological polar surface area (TPSA) is 81.9 Å². The maximum atomic E-state index is 14.0. The van der Waals surface area contributed by atoms with Crippen molar-refractivity contribution in [3.8, 4) is 0 Å². The second-order valence-electron chi connectivity index (χ2n) is 4.20. The fourth-order valence-corrected chi connectivity index (χ4v) is 2.07. The van der Waals surface area contributed by atoms with E-state index in [1.165, 1.54) is 24.1 Å². The highest BCUT2D eigenvalue weighted by Crippen LogP contribution is 2.27. The molecule has 1 aromatic carbocycles. The van der Waals surface area contributed by atoms with Crippen LogP contribution in [0, 0.1) is 15.9 Å². The zero-order chi connectivity index (χ0) is 14.7. The summed E-state index contributed by atoms with van der Waals surface area (Å²) in [7, 11) is 1.24. The molecule has 0 aliphatic carbocycles. The third kappa shape index (κ3) is 2.69. The standard InChI is InChI=1S/C12H13FN2O5/c1-19-12(16)11-7-20-5-4-14(11)10-3-2-8(15(17)18)6-9(10)13/h2-3,6,11H,4-5,7H2,1H3. The van der Waals surface area contributed by atoms with Crippen LogP contribution >= 0.6 is 0 Å². The predicted molar refractivity (Wildman–Crippen MR) is 67.0 cm³/mol. The predicted octanol–water partition coefficient (Wildman–Crippen LogP) is 1.11. The Morgan fingerprint density at radius 1 is 1.60 bits per heavy atom. The van der Waals surface area contributed by atoms with Crippen LogP contribution in [-0.4, -0.2) is 43.8 Å². The molecule has 7 nitrogen and oxygen atoms in total. The molecule has 1 unspecified atom stereocenters. The number of rotatable bonds is 3. The van der Waals surface area contributed by atoms with Gasteiger partial charge in [-0.1, -0.05) is 0 Å². The van der Waals surface area contributed by atoms with E-state index in [9.17, 15) is 19.3 Å². The van der Waals surface area contributed by atoms with Gasteiger partial charge in [0.1, 0.15) is 0 Å². The Labute approximate surface area is 114 Å². The molecular weight excluding hydrogens is 271 g/mol. The summed E-state index contributed by atoms with van der Waals surface area (Å²) in [5, 5.41) is 10.6. The summed E-state index contributed by atoms with van der Waals surface area (Å²) in [4.78, 5) is 23.1. The molecule has 108 valence electrons. The molecule has 20 heavy (non-hydrogen) atoms. The average Bonchev–Trinajstić information content (AvgIpc) is 2.46. The molecule has 0 radical (unpaired) electrons. The monoisotopic (exact) mass is 284 g/mol. The molecule has 0 amide bonds. The van der Waals surface area contributed by atoms with Gasteiger partial charge < -0.3 is 14.4 Å². The van der Waals surface area contributed by atoms with E-state index < -0.39 is 22.8 Å². The summed E-state index contributed by atoms with van der Waals surface area (Å²) in [6.07, 6.45) is 0. The number of morpholine rings is 1. The SMILES string of the molecule is COC(=O)C1COCCN1c1ccc([N+](=O)[O-])cc1F. The zero-order valence-corrected chi connectivity index (χ0v) is 10.7. The van der Waals surface area contributed by atoms with Gasteiger partial charge in [-0.05, 0) is 6.07 Å². The van der Waals surface area contributed by atoms with E-state index in [2.05, 4.69) is 4.74 Å². The first-order valence-electron chi connectivity index (χ1n) is 5.90. The first-order valence-corrected chi connectivity index (χ1v) is 5.90. The Morgan fingerprint density at radius 3 is 2.95 bits per heavy atom. The van der Waals surface area contributed by atoms with E-state index in [-0.39, 0.29) is 18.0 Å². The second-order valence-corrected chi connectivity index (χ2v) is 4.20. The van der Waals surface area contributed by atoms with Crippen molar-refractivity contribution in [2.45, 2.75) is 6.04 Å². The van der Waals surface area contributed by atoms with Crippen LogP contribution in [-0.2, 0) is 14.3 Å². The van der Waals surface area contributed by atoms with Gasteiger partial charge in [-0.2, -0.15) is 0 Å². The molecule has 8 heteroatoms. The number of esters is 1. The smallest absolute Gasteiger partial charge is 0.330 e. The van der Waals surface area contributed by atoms with Crippen molar-refractivity contribution in [3.05, 3.63) is 34.1 Å². The number of nitro benzene ring substituents is 1. The van der Waals surface area contributed by atoms with E-state index in [1.54, 1.807) is 0 Å². The van der Waals surface area contributed by atoms with Crippen molar-refractivity contribution < 1.29 is 23.6 Å². The van der Waals surface area contributed by atoms with Crippen molar-refractivity contribution in [1.29, 1.82) is 0 Å². The van der Waals surface area contributed by atoms with Crippen LogP contribution in [0.3, 0.4) is 0 Å². The highest BCUT2D eigenvalue weighted by molar-refractivity contribution is 5.80. The molecule has 1 saturated heterocycles. The van der Waals surface area contributed by atoms with E-state index in [0.717, 1.165) is 6.07 Å². The maximum Gasteiger partial charge on any atom is 0.330 e. The van der Waals surface area contributed by atoms with Crippen LogP contribution in [0.4, 0.5) is 15.8 Å². The third-order valence-electron chi connectivity index (χ3n) is 3.05. The Hall–Kier alpha value is -2.22. The molecule has 0 spiro atoms. The highest BCUT2D eigenvalue weighted by atomic mass is 19.1. The highest BCUT2D eigenvalue weighted by Gasteiger charge is 2.32. The molecule has 2 rings (SSSR count). The minimum absolute atomic E-state index is 0.0864. The lowest BCUT2D eigenvalue weighted by Gasteiger charge is -2.35. The van der Waals surface area contributed by atoms with Crippen LogP contribution in [0.25, 0.3) is 0 Å². The summed E-state index contributed by atoms with van der Waals surface area (Å²) < 4.78 is 23.8. The number of methoxy groups -OCH3 is 1. The van der Waals surface area contributed by atoms with Crippen molar-refractivity contribution in [2.75, 3.05) is 31.8 Å². The lowest BCUT2D eigenvalue weighted by atomic mass is 10.1. The minimum Gasteiger partial charge on any atom is -0.467 e. The first-order chi connectivity index (χ1) is 9.54. The van der Waals surface area contributed by atoms with Gasteiger partial charge in [0.15, 0.2) is 11.9 Å². The summed E-state index contributed by atoms with van der Waals surface area (Å²) >= 11 is 0. The van der Waals surface area contributed by atoms with Gasteiger partial charge in [-0.15, -0.1) is 0 Å². The number of hydrogen-bond acceptors (Lipinski definition) is 6. The molecule has 1 aromatic rings. The largest absolute Gasteiger partial charge is 0.467 e. The average molecular weight is 284 g/mol. The van der Waals surface area contributed by atoms with Crippen LogP contribution in [0.5, 0.6) is 0 Å². The molecule has 1 fully saturated rings. The normalized spacial score (nSPS) is 18.7. The number of nitro groups is 1. The number of benzene rings is 1.